The molecule has 2 aliphatic rings. The molecule has 0 bridgehead atoms. The molecule has 0 aliphatic carbocycles. The topological polar surface area (TPSA) is 23.6 Å². The van der Waals surface area contributed by atoms with E-state index in [9.17, 15) is 4.79 Å². The lowest BCUT2D eigenvalue weighted by Crippen LogP contribution is -2.43. The smallest absolute Gasteiger partial charge is 0.219 e. The molecule has 2 rings (SSSR count). The van der Waals surface area contributed by atoms with Crippen molar-refractivity contribution >= 4 is 5.91 Å². The summed E-state index contributed by atoms with van der Waals surface area (Å²) < 4.78 is 0. The van der Waals surface area contributed by atoms with Crippen LogP contribution in [0.3, 0.4) is 0 Å². The zero-order chi connectivity index (χ0) is 12.5. The first-order valence-corrected chi connectivity index (χ1v) is 6.99. The van der Waals surface area contributed by atoms with E-state index in [-0.39, 0.29) is 5.91 Å². The number of amides is 1. The maximum absolute atomic E-state index is 11.3. The van der Waals surface area contributed by atoms with Gasteiger partial charge in [-0.25, -0.2) is 0 Å². The van der Waals surface area contributed by atoms with Crippen LogP contribution >= 0.6 is 0 Å². The van der Waals surface area contributed by atoms with Crippen molar-refractivity contribution in [1.29, 1.82) is 0 Å². The monoisotopic (exact) mass is 238 g/mol. The lowest BCUT2D eigenvalue weighted by molar-refractivity contribution is -0.131. The van der Waals surface area contributed by atoms with Gasteiger partial charge in [-0.15, -0.1) is 0 Å². The number of hydrogen-bond acceptors (Lipinski definition) is 2. The molecule has 0 aromatic carbocycles. The normalized spacial score (nSPS) is 24.8. The van der Waals surface area contributed by atoms with Gasteiger partial charge in [-0.2, -0.15) is 0 Å². The van der Waals surface area contributed by atoms with Gasteiger partial charge in [-0.1, -0.05) is 13.8 Å². The van der Waals surface area contributed by atoms with E-state index in [4.69, 9.17) is 0 Å². The Morgan fingerprint density at radius 2 is 1.76 bits per heavy atom. The molecule has 3 nitrogen and oxygen atoms in total. The molecule has 3 heteroatoms. The first kappa shape index (κ1) is 12.9. The van der Waals surface area contributed by atoms with Gasteiger partial charge in [0.05, 0.1) is 0 Å². The summed E-state index contributed by atoms with van der Waals surface area (Å²) in [7, 11) is 0. The summed E-state index contributed by atoms with van der Waals surface area (Å²) in [5, 5.41) is 0. The molecular formula is C14H26N2O. The second kappa shape index (κ2) is 4.97. The van der Waals surface area contributed by atoms with Crippen LogP contribution in [0.15, 0.2) is 0 Å². The van der Waals surface area contributed by atoms with Crippen LogP contribution in [0.5, 0.6) is 0 Å². The van der Waals surface area contributed by atoms with Gasteiger partial charge in [-0.3, -0.25) is 4.79 Å². The van der Waals surface area contributed by atoms with E-state index in [0.717, 1.165) is 19.0 Å². The molecule has 0 unspecified atom stereocenters. The average molecular weight is 238 g/mol. The maximum Gasteiger partial charge on any atom is 0.219 e. The minimum Gasteiger partial charge on any atom is -0.343 e. The molecule has 1 spiro atoms. The zero-order valence-corrected chi connectivity index (χ0v) is 11.5. The molecule has 0 atom stereocenters. The van der Waals surface area contributed by atoms with Crippen LogP contribution < -0.4 is 0 Å². The summed E-state index contributed by atoms with van der Waals surface area (Å²) in [4.78, 5) is 16.0. The van der Waals surface area contributed by atoms with Gasteiger partial charge < -0.3 is 9.80 Å². The first-order chi connectivity index (χ1) is 8.01. The molecule has 0 radical (unpaired) electrons. The van der Waals surface area contributed by atoms with E-state index in [1.807, 2.05) is 4.90 Å². The molecule has 2 saturated heterocycles. The van der Waals surface area contributed by atoms with E-state index in [2.05, 4.69) is 18.7 Å². The van der Waals surface area contributed by atoms with Crippen molar-refractivity contribution in [3.63, 3.8) is 0 Å². The van der Waals surface area contributed by atoms with E-state index < -0.39 is 0 Å². The third-order valence-electron chi connectivity index (χ3n) is 4.41. The number of carbonyl (C=O) groups excluding carboxylic acids is 1. The van der Waals surface area contributed by atoms with Crippen LogP contribution in [0.2, 0.25) is 0 Å². The van der Waals surface area contributed by atoms with Crippen LogP contribution in [0.25, 0.3) is 0 Å². The largest absolute Gasteiger partial charge is 0.343 e. The third-order valence-corrected chi connectivity index (χ3v) is 4.41. The van der Waals surface area contributed by atoms with E-state index in [1.165, 1.54) is 38.9 Å². The minimum atomic E-state index is 0.247. The standard InChI is InChI=1S/C14H26N2O/c1-12(2)10-15-7-4-14(11-15)5-8-16(9-6-14)13(3)17/h12H,4-11H2,1-3H3. The van der Waals surface area contributed by atoms with E-state index >= 15 is 0 Å². The molecule has 0 saturated carbocycles. The fraction of sp³-hybridized carbons (Fsp3) is 0.929. The second-order valence-electron chi connectivity index (χ2n) is 6.39. The van der Waals surface area contributed by atoms with Crippen LogP contribution in [-0.4, -0.2) is 48.4 Å². The summed E-state index contributed by atoms with van der Waals surface area (Å²) in [5.41, 5.74) is 0.529. The van der Waals surface area contributed by atoms with Crippen molar-refractivity contribution in [3.8, 4) is 0 Å². The lowest BCUT2D eigenvalue weighted by atomic mass is 9.78. The Morgan fingerprint density at radius 1 is 1.18 bits per heavy atom. The van der Waals surface area contributed by atoms with Crippen molar-refractivity contribution in [1.82, 2.24) is 9.80 Å². The number of rotatable bonds is 2. The number of hydrogen-bond donors (Lipinski definition) is 0. The third kappa shape index (κ3) is 3.01. The Labute approximate surface area is 105 Å². The number of likely N-dealkylation sites (tertiary alicyclic amines) is 2. The summed E-state index contributed by atoms with van der Waals surface area (Å²) >= 11 is 0. The van der Waals surface area contributed by atoms with Crippen LogP contribution in [0, 0.1) is 11.3 Å². The maximum atomic E-state index is 11.3. The van der Waals surface area contributed by atoms with Crippen molar-refractivity contribution in [3.05, 3.63) is 0 Å². The Kier molecular flexibility index (Phi) is 3.76. The van der Waals surface area contributed by atoms with Gasteiger partial charge in [0.25, 0.3) is 0 Å². The molecule has 17 heavy (non-hydrogen) atoms. The molecule has 0 aromatic heterocycles. The predicted molar refractivity (Wildman–Crippen MR) is 69.8 cm³/mol. The highest BCUT2D eigenvalue weighted by molar-refractivity contribution is 5.73. The Bertz CT molecular complexity index is 280. The van der Waals surface area contributed by atoms with Gasteiger partial charge in [-0.05, 0) is 37.1 Å². The summed E-state index contributed by atoms with van der Waals surface area (Å²) in [6, 6.07) is 0. The SMILES string of the molecule is CC(=O)N1CCC2(CCN(CC(C)C)C2)CC1. The molecule has 0 aromatic rings. The molecule has 1 amide bonds. The van der Waals surface area contributed by atoms with Gasteiger partial charge in [0.15, 0.2) is 0 Å². The molecule has 2 fully saturated rings. The van der Waals surface area contributed by atoms with Gasteiger partial charge in [0, 0.05) is 33.1 Å². The van der Waals surface area contributed by atoms with Gasteiger partial charge >= 0.3 is 0 Å². The quantitative estimate of drug-likeness (QED) is 0.734. The van der Waals surface area contributed by atoms with Crippen molar-refractivity contribution in [2.45, 2.75) is 40.0 Å². The summed E-state index contributed by atoms with van der Waals surface area (Å²) in [5.74, 6) is 1.01. The molecule has 98 valence electrons. The lowest BCUT2D eigenvalue weighted by Gasteiger charge is -2.39. The molecule has 0 N–H and O–H groups in total. The van der Waals surface area contributed by atoms with Gasteiger partial charge in [0.1, 0.15) is 0 Å². The summed E-state index contributed by atoms with van der Waals surface area (Å²) in [6.45, 7) is 12.0. The zero-order valence-electron chi connectivity index (χ0n) is 11.5. The van der Waals surface area contributed by atoms with E-state index in [0.29, 0.717) is 5.41 Å². The number of carbonyl (C=O) groups is 1. The average Bonchev–Trinajstić information content (AvgIpc) is 2.61. The highest BCUT2D eigenvalue weighted by Crippen LogP contribution is 2.40. The van der Waals surface area contributed by atoms with Crippen molar-refractivity contribution in [2.75, 3.05) is 32.7 Å². The van der Waals surface area contributed by atoms with Gasteiger partial charge in [0.2, 0.25) is 5.91 Å². The number of nitrogens with zero attached hydrogens (tertiary/aromatic N) is 2. The molecule has 2 aliphatic heterocycles. The van der Waals surface area contributed by atoms with Crippen molar-refractivity contribution in [2.24, 2.45) is 11.3 Å². The summed E-state index contributed by atoms with van der Waals surface area (Å²) in [6.07, 6.45) is 3.76. The van der Waals surface area contributed by atoms with Crippen LogP contribution in [-0.2, 0) is 4.79 Å². The Hall–Kier alpha value is -0.570. The molecule has 2 heterocycles. The minimum absolute atomic E-state index is 0.247. The molecular weight excluding hydrogens is 212 g/mol. The second-order valence-corrected chi connectivity index (χ2v) is 6.39. The van der Waals surface area contributed by atoms with Crippen LogP contribution in [0.1, 0.15) is 40.0 Å². The predicted octanol–water partition coefficient (Wildman–Crippen LogP) is 1.98. The van der Waals surface area contributed by atoms with Crippen molar-refractivity contribution < 1.29 is 4.79 Å². The fourth-order valence-electron chi connectivity index (χ4n) is 3.40. The Balaban J connectivity index is 1.85. The van der Waals surface area contributed by atoms with E-state index in [1.54, 1.807) is 6.92 Å². The fourth-order valence-corrected chi connectivity index (χ4v) is 3.40. The highest BCUT2D eigenvalue weighted by Gasteiger charge is 2.40. The Morgan fingerprint density at radius 3 is 2.29 bits per heavy atom. The highest BCUT2D eigenvalue weighted by atomic mass is 16.2. The van der Waals surface area contributed by atoms with Crippen LogP contribution in [0.4, 0.5) is 0 Å². The first-order valence-electron chi connectivity index (χ1n) is 6.99. The number of piperidine rings is 1.